The Labute approximate surface area is 162 Å². The molecule has 3 N–H and O–H groups in total. The Kier molecular flexibility index (Phi) is 8.21. The minimum atomic E-state index is 0. The van der Waals surface area contributed by atoms with Crippen molar-refractivity contribution in [3.05, 3.63) is 65.2 Å². The Balaban J connectivity index is 0.00000288. The Morgan fingerprint density at radius 3 is 2.21 bits per heavy atom. The van der Waals surface area contributed by atoms with Crippen molar-refractivity contribution in [3.63, 3.8) is 0 Å². The predicted octanol–water partition coefficient (Wildman–Crippen LogP) is 3.95. The van der Waals surface area contributed by atoms with Gasteiger partial charge >= 0.3 is 0 Å². The zero-order valence-corrected chi connectivity index (χ0v) is 17.1. The van der Waals surface area contributed by atoms with Gasteiger partial charge in [0, 0.05) is 5.69 Å². The standard InChI is InChI=1S/C19H26N4.HI/c1-14-10-15(2)12-17(11-14)22-19(20)21-13-18(23(3)4)16-8-6-5-7-9-16;/h5-12,18H,13H2,1-4H3,(H3,20,21,22);1H. The molecule has 24 heavy (non-hydrogen) atoms. The topological polar surface area (TPSA) is 53.6 Å². The Bertz CT molecular complexity index is 648. The number of nitrogens with one attached hydrogen (secondary N) is 1. The average molecular weight is 438 g/mol. The molecule has 0 aliphatic heterocycles. The quantitative estimate of drug-likeness (QED) is 0.422. The van der Waals surface area contributed by atoms with E-state index in [9.17, 15) is 0 Å². The fourth-order valence-corrected chi connectivity index (χ4v) is 2.66. The third-order valence-corrected chi connectivity index (χ3v) is 3.74. The average Bonchev–Trinajstić information content (AvgIpc) is 2.47. The van der Waals surface area contributed by atoms with Crippen molar-refractivity contribution in [1.29, 1.82) is 0 Å². The Hall–Kier alpha value is -1.60. The number of benzene rings is 2. The number of nitrogens with two attached hydrogens (primary N) is 1. The van der Waals surface area contributed by atoms with Crippen LogP contribution < -0.4 is 11.1 Å². The molecule has 130 valence electrons. The molecular formula is C19H27IN4. The first-order valence-corrected chi connectivity index (χ1v) is 7.82. The lowest BCUT2D eigenvalue weighted by molar-refractivity contribution is 0.306. The molecule has 0 amide bonds. The van der Waals surface area contributed by atoms with E-state index in [-0.39, 0.29) is 30.0 Å². The molecule has 2 aromatic rings. The largest absolute Gasteiger partial charge is 0.370 e. The lowest BCUT2D eigenvalue weighted by Gasteiger charge is -2.23. The third kappa shape index (κ3) is 6.13. The number of hydrogen-bond donors (Lipinski definition) is 2. The number of rotatable bonds is 5. The van der Waals surface area contributed by atoms with Crippen LogP contribution in [0.2, 0.25) is 0 Å². The molecule has 0 radical (unpaired) electrons. The number of aryl methyl sites for hydroxylation is 2. The van der Waals surface area contributed by atoms with Crippen LogP contribution in [0.1, 0.15) is 22.7 Å². The fraction of sp³-hybridized carbons (Fsp3) is 0.316. The molecule has 0 aliphatic rings. The minimum absolute atomic E-state index is 0. The van der Waals surface area contributed by atoms with Gasteiger partial charge in [-0.3, -0.25) is 4.99 Å². The third-order valence-electron chi connectivity index (χ3n) is 3.74. The zero-order valence-electron chi connectivity index (χ0n) is 14.8. The molecule has 0 fully saturated rings. The maximum Gasteiger partial charge on any atom is 0.193 e. The highest BCUT2D eigenvalue weighted by Gasteiger charge is 2.13. The van der Waals surface area contributed by atoms with Crippen molar-refractivity contribution in [2.45, 2.75) is 19.9 Å². The molecule has 1 unspecified atom stereocenters. The number of likely N-dealkylation sites (N-methyl/N-ethyl adjacent to an activating group) is 1. The summed E-state index contributed by atoms with van der Waals surface area (Å²) in [5, 5.41) is 3.18. The summed E-state index contributed by atoms with van der Waals surface area (Å²) in [5.74, 6) is 0.442. The Morgan fingerprint density at radius 2 is 1.67 bits per heavy atom. The van der Waals surface area contributed by atoms with Gasteiger partial charge in [-0.15, -0.1) is 24.0 Å². The molecule has 0 saturated heterocycles. The number of hydrogen-bond acceptors (Lipinski definition) is 2. The molecule has 0 aliphatic carbocycles. The first-order valence-electron chi connectivity index (χ1n) is 7.82. The molecule has 0 saturated carbocycles. The second kappa shape index (κ2) is 9.64. The summed E-state index contributed by atoms with van der Waals surface area (Å²) in [6.07, 6.45) is 0. The van der Waals surface area contributed by atoms with Crippen molar-refractivity contribution in [3.8, 4) is 0 Å². The smallest absolute Gasteiger partial charge is 0.193 e. The fourth-order valence-electron chi connectivity index (χ4n) is 2.66. The van der Waals surface area contributed by atoms with Crippen LogP contribution in [-0.2, 0) is 0 Å². The van der Waals surface area contributed by atoms with Crippen LogP contribution in [-0.4, -0.2) is 31.5 Å². The van der Waals surface area contributed by atoms with E-state index in [1.54, 1.807) is 0 Å². The number of halogens is 1. The van der Waals surface area contributed by atoms with Crippen LogP contribution in [0.25, 0.3) is 0 Å². The van der Waals surface area contributed by atoms with Crippen molar-refractivity contribution >= 4 is 35.6 Å². The van der Waals surface area contributed by atoms with Crippen LogP contribution in [0.5, 0.6) is 0 Å². The van der Waals surface area contributed by atoms with Gasteiger partial charge in [0.05, 0.1) is 12.6 Å². The monoisotopic (exact) mass is 438 g/mol. The molecule has 4 nitrogen and oxygen atoms in total. The van der Waals surface area contributed by atoms with E-state index in [1.807, 2.05) is 18.2 Å². The van der Waals surface area contributed by atoms with Gasteiger partial charge < -0.3 is 16.0 Å². The van der Waals surface area contributed by atoms with Crippen LogP contribution >= 0.6 is 24.0 Å². The van der Waals surface area contributed by atoms with Crippen molar-refractivity contribution < 1.29 is 0 Å². The molecule has 0 aromatic heterocycles. The van der Waals surface area contributed by atoms with Gasteiger partial charge in [0.25, 0.3) is 0 Å². The number of anilines is 1. The van der Waals surface area contributed by atoms with Gasteiger partial charge in [-0.05, 0) is 56.8 Å². The molecule has 2 aromatic carbocycles. The Morgan fingerprint density at radius 1 is 1.08 bits per heavy atom. The number of aliphatic imine (C=N–C) groups is 1. The van der Waals surface area contributed by atoms with Crippen LogP contribution in [0.3, 0.4) is 0 Å². The summed E-state index contributed by atoms with van der Waals surface area (Å²) in [4.78, 5) is 6.67. The summed E-state index contributed by atoms with van der Waals surface area (Å²) in [5.41, 5.74) is 10.7. The lowest BCUT2D eigenvalue weighted by atomic mass is 10.1. The van der Waals surface area contributed by atoms with Crippen LogP contribution in [0, 0.1) is 13.8 Å². The lowest BCUT2D eigenvalue weighted by Crippen LogP contribution is -2.27. The second-order valence-corrected chi connectivity index (χ2v) is 6.12. The molecule has 0 bridgehead atoms. The molecule has 0 spiro atoms. The zero-order chi connectivity index (χ0) is 16.8. The van der Waals surface area contributed by atoms with E-state index in [1.165, 1.54) is 16.7 Å². The predicted molar refractivity (Wildman–Crippen MR) is 114 cm³/mol. The van der Waals surface area contributed by atoms with Gasteiger partial charge in [0.1, 0.15) is 0 Å². The number of nitrogens with zero attached hydrogens (tertiary/aromatic N) is 2. The van der Waals surface area contributed by atoms with E-state index in [4.69, 9.17) is 5.73 Å². The van der Waals surface area contributed by atoms with Gasteiger partial charge in [0.2, 0.25) is 0 Å². The van der Waals surface area contributed by atoms with Gasteiger partial charge in [-0.1, -0.05) is 36.4 Å². The van der Waals surface area contributed by atoms with Gasteiger partial charge in [-0.2, -0.15) is 0 Å². The molecule has 5 heteroatoms. The summed E-state index contributed by atoms with van der Waals surface area (Å²) in [6.45, 7) is 4.76. The van der Waals surface area contributed by atoms with E-state index in [0.717, 1.165) is 5.69 Å². The highest BCUT2D eigenvalue weighted by molar-refractivity contribution is 14.0. The van der Waals surface area contributed by atoms with Crippen LogP contribution in [0.15, 0.2) is 53.5 Å². The van der Waals surface area contributed by atoms with E-state index in [0.29, 0.717) is 12.5 Å². The molecular weight excluding hydrogens is 411 g/mol. The summed E-state index contributed by atoms with van der Waals surface area (Å²) in [6, 6.07) is 16.8. The molecule has 1 atom stereocenters. The van der Waals surface area contributed by atoms with E-state index >= 15 is 0 Å². The number of guanidine groups is 1. The maximum absolute atomic E-state index is 6.05. The van der Waals surface area contributed by atoms with Crippen molar-refractivity contribution in [2.75, 3.05) is 26.0 Å². The first kappa shape index (κ1) is 20.4. The van der Waals surface area contributed by atoms with E-state index < -0.39 is 0 Å². The van der Waals surface area contributed by atoms with E-state index in [2.05, 4.69) is 73.5 Å². The summed E-state index contributed by atoms with van der Waals surface area (Å²) >= 11 is 0. The second-order valence-electron chi connectivity index (χ2n) is 6.12. The summed E-state index contributed by atoms with van der Waals surface area (Å²) < 4.78 is 0. The molecule has 0 heterocycles. The highest BCUT2D eigenvalue weighted by Crippen LogP contribution is 2.18. The normalized spacial score (nSPS) is 12.6. The van der Waals surface area contributed by atoms with Crippen molar-refractivity contribution in [1.82, 2.24) is 4.90 Å². The summed E-state index contributed by atoms with van der Waals surface area (Å²) in [7, 11) is 4.11. The maximum atomic E-state index is 6.05. The van der Waals surface area contributed by atoms with Crippen LogP contribution in [0.4, 0.5) is 5.69 Å². The SMILES string of the molecule is Cc1cc(C)cc(NC(N)=NCC(c2ccccc2)N(C)C)c1.I. The first-order chi connectivity index (χ1) is 11.0. The van der Waals surface area contributed by atoms with Gasteiger partial charge in [-0.25, -0.2) is 0 Å². The minimum Gasteiger partial charge on any atom is -0.370 e. The van der Waals surface area contributed by atoms with Crippen molar-refractivity contribution in [2.24, 2.45) is 10.7 Å². The molecule has 2 rings (SSSR count). The van der Waals surface area contributed by atoms with Gasteiger partial charge in [0.15, 0.2) is 5.96 Å². The highest BCUT2D eigenvalue weighted by atomic mass is 127.